The number of nitrogens with two attached hydrogens (primary N) is 1. The molecule has 0 spiro atoms. The van der Waals surface area contributed by atoms with Crippen LogP contribution in [-0.2, 0) is 19.5 Å². The largest absolute Gasteiger partial charge is 0.457 e. The third kappa shape index (κ3) is 4.76. The van der Waals surface area contributed by atoms with Crippen molar-refractivity contribution < 1.29 is 27.1 Å². The lowest BCUT2D eigenvalue weighted by Crippen LogP contribution is -2.22. The van der Waals surface area contributed by atoms with E-state index in [0.717, 1.165) is 12.1 Å². The summed E-state index contributed by atoms with van der Waals surface area (Å²) >= 11 is 0. The minimum Gasteiger partial charge on any atom is -0.457 e. The minimum absolute atomic E-state index is 0.0486. The molecule has 1 aromatic carbocycles. The van der Waals surface area contributed by atoms with Gasteiger partial charge in [-0.25, -0.2) is 22.7 Å². The number of sulfonamides is 1. The second kappa shape index (κ2) is 6.97. The Labute approximate surface area is 123 Å². The molecule has 0 aliphatic carbocycles. The molecule has 1 unspecified atom stereocenters. The molecule has 0 saturated carbocycles. The monoisotopic (exact) mass is 319 g/mol. The highest BCUT2D eigenvalue weighted by Crippen LogP contribution is 2.21. The number of ether oxygens (including phenoxy) is 2. The first-order chi connectivity index (χ1) is 9.66. The van der Waals surface area contributed by atoms with Crippen LogP contribution in [0, 0.1) is 12.7 Å². The normalized spacial score (nSPS) is 13.0. The molecule has 6 nitrogen and oxygen atoms in total. The number of carbonyl (C=O) groups is 1. The molecule has 0 amide bonds. The van der Waals surface area contributed by atoms with E-state index in [9.17, 15) is 17.6 Å². The van der Waals surface area contributed by atoms with Crippen molar-refractivity contribution in [2.75, 3.05) is 13.2 Å². The Morgan fingerprint density at radius 2 is 2.05 bits per heavy atom. The van der Waals surface area contributed by atoms with Crippen molar-refractivity contribution in [2.45, 2.75) is 31.8 Å². The zero-order valence-corrected chi connectivity index (χ0v) is 12.9. The average molecular weight is 319 g/mol. The van der Waals surface area contributed by atoms with Crippen molar-refractivity contribution in [3.8, 4) is 0 Å². The van der Waals surface area contributed by atoms with Gasteiger partial charge in [0.05, 0.1) is 17.1 Å². The summed E-state index contributed by atoms with van der Waals surface area (Å²) in [4.78, 5) is 11.6. The van der Waals surface area contributed by atoms with Crippen LogP contribution in [0.15, 0.2) is 17.0 Å². The van der Waals surface area contributed by atoms with Crippen LogP contribution in [0.3, 0.4) is 0 Å². The number of primary sulfonamides is 1. The molecule has 1 rings (SSSR count). The van der Waals surface area contributed by atoms with E-state index in [1.165, 1.54) is 6.92 Å². The van der Waals surface area contributed by atoms with Crippen LogP contribution in [0.4, 0.5) is 4.39 Å². The van der Waals surface area contributed by atoms with Gasteiger partial charge in [-0.3, -0.25) is 0 Å². The standard InChI is InChI=1S/C13H18FNO5S/c1-4-19-7-8(2)20-13(16)11-5-10(14)6-12(9(11)3)21(15,17)18/h5-6,8H,4,7H2,1-3H3,(H2,15,17,18). The van der Waals surface area contributed by atoms with Gasteiger partial charge in [-0.2, -0.15) is 0 Å². The fourth-order valence-electron chi connectivity index (χ4n) is 1.73. The summed E-state index contributed by atoms with van der Waals surface area (Å²) in [5, 5.41) is 5.00. The predicted octanol–water partition coefficient (Wildman–Crippen LogP) is 1.36. The van der Waals surface area contributed by atoms with Gasteiger partial charge in [0.2, 0.25) is 10.0 Å². The van der Waals surface area contributed by atoms with E-state index in [1.54, 1.807) is 13.8 Å². The molecular weight excluding hydrogens is 301 g/mol. The van der Waals surface area contributed by atoms with Crippen LogP contribution in [0.5, 0.6) is 0 Å². The highest BCUT2D eigenvalue weighted by Gasteiger charge is 2.22. The fraction of sp³-hybridized carbons (Fsp3) is 0.462. The molecular formula is C13H18FNO5S. The van der Waals surface area contributed by atoms with Gasteiger partial charge in [-0.15, -0.1) is 0 Å². The minimum atomic E-state index is -4.13. The summed E-state index contributed by atoms with van der Waals surface area (Å²) in [5.74, 6) is -1.71. The number of rotatable bonds is 6. The van der Waals surface area contributed by atoms with E-state index >= 15 is 0 Å². The lowest BCUT2D eigenvalue weighted by atomic mass is 10.1. The van der Waals surface area contributed by atoms with Gasteiger partial charge in [0.1, 0.15) is 11.9 Å². The molecule has 0 aliphatic rings. The van der Waals surface area contributed by atoms with Crippen molar-refractivity contribution in [1.29, 1.82) is 0 Å². The van der Waals surface area contributed by atoms with Crippen LogP contribution >= 0.6 is 0 Å². The summed E-state index contributed by atoms with van der Waals surface area (Å²) < 4.78 is 46.4. The van der Waals surface area contributed by atoms with E-state index in [-0.39, 0.29) is 17.7 Å². The second-order valence-corrected chi connectivity index (χ2v) is 6.03. The van der Waals surface area contributed by atoms with Gasteiger partial charge in [0, 0.05) is 6.61 Å². The number of hydrogen-bond acceptors (Lipinski definition) is 5. The maximum absolute atomic E-state index is 13.5. The summed E-state index contributed by atoms with van der Waals surface area (Å²) in [6, 6.07) is 1.69. The molecule has 0 aromatic heterocycles. The van der Waals surface area contributed by atoms with Gasteiger partial charge >= 0.3 is 5.97 Å². The zero-order valence-electron chi connectivity index (χ0n) is 12.1. The van der Waals surface area contributed by atoms with Crippen molar-refractivity contribution in [3.63, 3.8) is 0 Å². The van der Waals surface area contributed by atoms with Gasteiger partial charge in [0.15, 0.2) is 0 Å². The van der Waals surface area contributed by atoms with E-state index in [2.05, 4.69) is 0 Å². The molecule has 21 heavy (non-hydrogen) atoms. The molecule has 1 aromatic rings. The maximum Gasteiger partial charge on any atom is 0.338 e. The Kier molecular flexibility index (Phi) is 5.82. The Balaban J connectivity index is 3.08. The van der Waals surface area contributed by atoms with Crippen LogP contribution in [-0.4, -0.2) is 33.7 Å². The molecule has 0 radical (unpaired) electrons. The third-order valence-corrected chi connectivity index (χ3v) is 3.75. The van der Waals surface area contributed by atoms with Crippen LogP contribution in [0.25, 0.3) is 0 Å². The number of hydrogen-bond donors (Lipinski definition) is 1. The summed E-state index contributed by atoms with van der Waals surface area (Å²) in [6.45, 7) is 5.44. The zero-order chi connectivity index (χ0) is 16.2. The van der Waals surface area contributed by atoms with E-state index in [1.807, 2.05) is 0 Å². The molecule has 0 fully saturated rings. The smallest absolute Gasteiger partial charge is 0.338 e. The Morgan fingerprint density at radius 1 is 1.43 bits per heavy atom. The van der Waals surface area contributed by atoms with Crippen LogP contribution in [0.2, 0.25) is 0 Å². The number of carbonyl (C=O) groups excluding carboxylic acids is 1. The Morgan fingerprint density at radius 3 is 2.57 bits per heavy atom. The van der Waals surface area contributed by atoms with Crippen molar-refractivity contribution in [1.82, 2.24) is 0 Å². The molecule has 2 N–H and O–H groups in total. The van der Waals surface area contributed by atoms with Crippen LogP contribution < -0.4 is 5.14 Å². The topological polar surface area (TPSA) is 95.7 Å². The van der Waals surface area contributed by atoms with Crippen molar-refractivity contribution in [3.05, 3.63) is 29.1 Å². The highest BCUT2D eigenvalue weighted by molar-refractivity contribution is 7.89. The molecule has 8 heteroatoms. The molecule has 1 atom stereocenters. The first kappa shape index (κ1) is 17.5. The SMILES string of the molecule is CCOCC(C)OC(=O)c1cc(F)cc(S(N)(=O)=O)c1C. The van der Waals surface area contributed by atoms with Crippen molar-refractivity contribution >= 4 is 16.0 Å². The molecule has 0 aliphatic heterocycles. The van der Waals surface area contributed by atoms with Gasteiger partial charge < -0.3 is 9.47 Å². The molecule has 118 valence electrons. The lowest BCUT2D eigenvalue weighted by Gasteiger charge is -2.15. The average Bonchev–Trinajstić information content (AvgIpc) is 2.37. The number of halogens is 1. The highest BCUT2D eigenvalue weighted by atomic mass is 32.2. The number of benzene rings is 1. The van der Waals surface area contributed by atoms with Crippen molar-refractivity contribution in [2.24, 2.45) is 5.14 Å². The van der Waals surface area contributed by atoms with Gasteiger partial charge in [0.25, 0.3) is 0 Å². The lowest BCUT2D eigenvalue weighted by molar-refractivity contribution is 0.00426. The van der Waals surface area contributed by atoms with Gasteiger partial charge in [-0.1, -0.05) is 0 Å². The van der Waals surface area contributed by atoms with Gasteiger partial charge in [-0.05, 0) is 38.5 Å². The van der Waals surface area contributed by atoms with E-state index < -0.39 is 32.8 Å². The molecule has 0 saturated heterocycles. The van der Waals surface area contributed by atoms with Crippen LogP contribution in [0.1, 0.15) is 29.8 Å². The predicted molar refractivity (Wildman–Crippen MR) is 73.9 cm³/mol. The second-order valence-electron chi connectivity index (χ2n) is 4.50. The maximum atomic E-state index is 13.5. The summed E-state index contributed by atoms with van der Waals surface area (Å²) in [7, 11) is -4.13. The molecule has 0 bridgehead atoms. The van der Waals surface area contributed by atoms with E-state index in [4.69, 9.17) is 14.6 Å². The summed E-state index contributed by atoms with van der Waals surface area (Å²) in [6.07, 6.45) is -0.543. The molecule has 0 heterocycles. The fourth-order valence-corrected chi connectivity index (χ4v) is 2.54. The number of esters is 1. The first-order valence-electron chi connectivity index (χ1n) is 6.28. The summed E-state index contributed by atoms with van der Waals surface area (Å²) in [5.41, 5.74) is -0.130. The Bertz CT molecular complexity index is 630. The first-order valence-corrected chi connectivity index (χ1v) is 7.83. The quantitative estimate of drug-likeness (QED) is 0.799. The Hall–Kier alpha value is -1.51. The third-order valence-electron chi connectivity index (χ3n) is 2.72. The van der Waals surface area contributed by atoms with E-state index in [0.29, 0.717) is 6.61 Å².